The smallest absolute Gasteiger partial charge is 0.296 e. The third-order valence-electron chi connectivity index (χ3n) is 2.63. The fourth-order valence-corrected chi connectivity index (χ4v) is 1.78. The van der Waals surface area contributed by atoms with Gasteiger partial charge in [-0.1, -0.05) is 6.08 Å². The van der Waals surface area contributed by atoms with Gasteiger partial charge in [0.15, 0.2) is 0 Å². The Balaban J connectivity index is 3.01. The summed E-state index contributed by atoms with van der Waals surface area (Å²) >= 11 is 0. The Labute approximate surface area is 96.2 Å². The molecule has 1 heterocycles. The van der Waals surface area contributed by atoms with Crippen molar-refractivity contribution in [2.45, 2.75) is 6.54 Å². The minimum atomic E-state index is -0.501. The fourth-order valence-electron chi connectivity index (χ4n) is 1.78. The second kappa shape index (κ2) is 4.01. The summed E-state index contributed by atoms with van der Waals surface area (Å²) in [5.41, 5.74) is -0.516. The summed E-state index contributed by atoms with van der Waals surface area (Å²) in [4.78, 5) is 23.8. The standard InChI is InChI=1S/C12H11FN2O2/c1-3-6-15-11(16)9-7-8(13)4-5-10(9)14(2)12(15)17/h3-5,7H,1,6H2,2H3. The molecule has 4 nitrogen and oxygen atoms in total. The molecule has 1 aromatic carbocycles. The van der Waals surface area contributed by atoms with Crippen molar-refractivity contribution in [2.24, 2.45) is 7.05 Å². The lowest BCUT2D eigenvalue weighted by atomic mass is 10.2. The zero-order valence-electron chi connectivity index (χ0n) is 9.31. The Bertz CT molecular complexity index is 713. The Morgan fingerprint density at radius 2 is 2.12 bits per heavy atom. The van der Waals surface area contributed by atoms with Gasteiger partial charge in [-0.15, -0.1) is 6.58 Å². The third-order valence-corrected chi connectivity index (χ3v) is 2.63. The predicted molar refractivity (Wildman–Crippen MR) is 63.6 cm³/mol. The number of allylic oxidation sites excluding steroid dienone is 1. The van der Waals surface area contributed by atoms with Crippen LogP contribution in [-0.4, -0.2) is 9.13 Å². The van der Waals surface area contributed by atoms with E-state index in [0.717, 1.165) is 10.6 Å². The van der Waals surface area contributed by atoms with Crippen LogP contribution in [0.1, 0.15) is 0 Å². The zero-order valence-corrected chi connectivity index (χ0v) is 9.31. The summed E-state index contributed by atoms with van der Waals surface area (Å²) < 4.78 is 15.5. The summed E-state index contributed by atoms with van der Waals surface area (Å²) in [7, 11) is 1.54. The van der Waals surface area contributed by atoms with Crippen LogP contribution in [0.25, 0.3) is 10.9 Å². The number of hydrogen-bond donors (Lipinski definition) is 0. The molecular formula is C12H11FN2O2. The van der Waals surface area contributed by atoms with Crippen LogP contribution < -0.4 is 11.2 Å². The van der Waals surface area contributed by atoms with Crippen molar-refractivity contribution in [1.29, 1.82) is 0 Å². The van der Waals surface area contributed by atoms with Gasteiger partial charge in [0.05, 0.1) is 10.9 Å². The van der Waals surface area contributed by atoms with E-state index in [1.54, 1.807) is 7.05 Å². The van der Waals surface area contributed by atoms with Crippen molar-refractivity contribution in [3.05, 3.63) is 57.5 Å². The van der Waals surface area contributed by atoms with Crippen LogP contribution in [0.3, 0.4) is 0 Å². The molecule has 0 saturated carbocycles. The molecule has 0 bridgehead atoms. The van der Waals surface area contributed by atoms with Crippen molar-refractivity contribution < 1.29 is 4.39 Å². The summed E-state index contributed by atoms with van der Waals surface area (Å²) in [5, 5.41) is 0.189. The highest BCUT2D eigenvalue weighted by atomic mass is 19.1. The number of hydrogen-bond acceptors (Lipinski definition) is 2. The Morgan fingerprint density at radius 1 is 1.41 bits per heavy atom. The van der Waals surface area contributed by atoms with Crippen molar-refractivity contribution in [3.8, 4) is 0 Å². The van der Waals surface area contributed by atoms with Crippen LogP contribution in [0, 0.1) is 5.82 Å². The highest BCUT2D eigenvalue weighted by Crippen LogP contribution is 2.09. The van der Waals surface area contributed by atoms with E-state index in [4.69, 9.17) is 0 Å². The fraction of sp³-hybridized carbons (Fsp3) is 0.167. The van der Waals surface area contributed by atoms with Crippen LogP contribution in [0.2, 0.25) is 0 Å². The van der Waals surface area contributed by atoms with Crippen LogP contribution >= 0.6 is 0 Å². The van der Waals surface area contributed by atoms with E-state index in [1.165, 1.54) is 22.8 Å². The SMILES string of the molecule is C=CCn1c(=O)c2cc(F)ccc2n(C)c1=O. The average Bonchev–Trinajstić information content (AvgIpc) is 2.32. The van der Waals surface area contributed by atoms with E-state index in [9.17, 15) is 14.0 Å². The Kier molecular flexibility index (Phi) is 2.67. The first kappa shape index (κ1) is 11.3. The minimum absolute atomic E-state index is 0.109. The highest BCUT2D eigenvalue weighted by Gasteiger charge is 2.10. The van der Waals surface area contributed by atoms with Gasteiger partial charge in [-0.3, -0.25) is 13.9 Å². The molecule has 0 aliphatic rings. The second-order valence-corrected chi connectivity index (χ2v) is 3.71. The topological polar surface area (TPSA) is 44.0 Å². The van der Waals surface area contributed by atoms with Crippen LogP contribution in [0.4, 0.5) is 4.39 Å². The van der Waals surface area contributed by atoms with Crippen LogP contribution in [0.15, 0.2) is 40.4 Å². The number of halogens is 1. The molecule has 17 heavy (non-hydrogen) atoms. The molecule has 0 amide bonds. The number of aromatic nitrogens is 2. The highest BCUT2D eigenvalue weighted by molar-refractivity contribution is 5.77. The lowest BCUT2D eigenvalue weighted by Gasteiger charge is -2.08. The number of aryl methyl sites for hydroxylation is 1. The average molecular weight is 234 g/mol. The van der Waals surface area contributed by atoms with Crippen LogP contribution in [-0.2, 0) is 13.6 Å². The molecule has 0 aliphatic heterocycles. The molecule has 0 saturated heterocycles. The Hall–Kier alpha value is -2.17. The van der Waals surface area contributed by atoms with Crippen molar-refractivity contribution in [1.82, 2.24) is 9.13 Å². The summed E-state index contributed by atoms with van der Waals surface area (Å²) in [5.74, 6) is -0.501. The second-order valence-electron chi connectivity index (χ2n) is 3.71. The number of nitrogens with zero attached hydrogens (tertiary/aromatic N) is 2. The first-order chi connectivity index (χ1) is 8.06. The van der Waals surface area contributed by atoms with E-state index in [1.807, 2.05) is 0 Å². The molecule has 0 atom stereocenters. The monoisotopic (exact) mass is 234 g/mol. The number of rotatable bonds is 2. The van der Waals surface area contributed by atoms with E-state index in [-0.39, 0.29) is 11.9 Å². The largest absolute Gasteiger partial charge is 0.331 e. The van der Waals surface area contributed by atoms with Gasteiger partial charge in [0, 0.05) is 13.6 Å². The van der Waals surface area contributed by atoms with Gasteiger partial charge in [-0.2, -0.15) is 0 Å². The predicted octanol–water partition coefficient (Wildman–Crippen LogP) is 1.03. The van der Waals surface area contributed by atoms with Crippen molar-refractivity contribution in [2.75, 3.05) is 0 Å². The van der Waals surface area contributed by atoms with Gasteiger partial charge >= 0.3 is 5.69 Å². The lowest BCUT2D eigenvalue weighted by molar-refractivity contribution is 0.626. The molecule has 0 unspecified atom stereocenters. The number of benzene rings is 1. The maximum atomic E-state index is 13.1. The zero-order chi connectivity index (χ0) is 12.6. The van der Waals surface area contributed by atoms with Crippen molar-refractivity contribution in [3.63, 3.8) is 0 Å². The molecule has 0 aliphatic carbocycles. The van der Waals surface area contributed by atoms with Gasteiger partial charge in [-0.25, -0.2) is 9.18 Å². The van der Waals surface area contributed by atoms with Gasteiger partial charge < -0.3 is 0 Å². The molecule has 0 radical (unpaired) electrons. The first-order valence-corrected chi connectivity index (χ1v) is 5.06. The van der Waals surface area contributed by atoms with E-state index in [2.05, 4.69) is 6.58 Å². The normalized spacial score (nSPS) is 10.7. The van der Waals surface area contributed by atoms with E-state index >= 15 is 0 Å². The number of fused-ring (bicyclic) bond motifs is 1. The molecule has 1 aromatic heterocycles. The first-order valence-electron chi connectivity index (χ1n) is 5.06. The molecule has 0 spiro atoms. The van der Waals surface area contributed by atoms with Gasteiger partial charge in [-0.05, 0) is 18.2 Å². The molecule has 2 rings (SSSR count). The van der Waals surface area contributed by atoms with Crippen LogP contribution in [0.5, 0.6) is 0 Å². The van der Waals surface area contributed by atoms with E-state index in [0.29, 0.717) is 5.52 Å². The molecular weight excluding hydrogens is 223 g/mol. The molecule has 0 N–H and O–H groups in total. The maximum Gasteiger partial charge on any atom is 0.331 e. The third kappa shape index (κ3) is 1.69. The quantitative estimate of drug-likeness (QED) is 0.728. The summed E-state index contributed by atoms with van der Waals surface area (Å²) in [6, 6.07) is 3.78. The maximum absolute atomic E-state index is 13.1. The molecule has 2 aromatic rings. The minimum Gasteiger partial charge on any atom is -0.296 e. The van der Waals surface area contributed by atoms with Crippen molar-refractivity contribution >= 4 is 10.9 Å². The molecule has 5 heteroatoms. The summed E-state index contributed by atoms with van der Waals surface area (Å²) in [6.07, 6.45) is 1.45. The lowest BCUT2D eigenvalue weighted by Crippen LogP contribution is -2.38. The molecule has 88 valence electrons. The molecule has 0 fully saturated rings. The van der Waals surface area contributed by atoms with E-state index < -0.39 is 17.1 Å². The van der Waals surface area contributed by atoms with Gasteiger partial charge in [0.25, 0.3) is 5.56 Å². The summed E-state index contributed by atoms with van der Waals surface area (Å²) in [6.45, 7) is 3.59. The van der Waals surface area contributed by atoms with Gasteiger partial charge in [0.1, 0.15) is 5.82 Å². The van der Waals surface area contributed by atoms with Gasteiger partial charge in [0.2, 0.25) is 0 Å². The Morgan fingerprint density at radius 3 is 2.76 bits per heavy atom.